The molecule has 0 spiro atoms. The molecular weight excluding hydrogens is 280 g/mol. The second-order valence-corrected chi connectivity index (χ2v) is 4.88. The quantitative estimate of drug-likeness (QED) is 0.646. The fourth-order valence-corrected chi connectivity index (χ4v) is 1.94. The number of alkyl halides is 2. The second kappa shape index (κ2) is 6.60. The maximum absolute atomic E-state index is 12.4. The largest absolute Gasteiger partial charge is 0.493 e. The molecule has 0 heterocycles. The van der Waals surface area contributed by atoms with E-state index in [4.69, 9.17) is 10.5 Å². The number of hydrogen-bond donors (Lipinski definition) is 1. The fourth-order valence-electron chi connectivity index (χ4n) is 1.94. The van der Waals surface area contributed by atoms with E-state index in [1.165, 1.54) is 13.2 Å². The number of hydrogen-bond acceptors (Lipinski definition) is 3. The molecule has 0 aromatic heterocycles. The number of ether oxygens (including phenoxy) is 2. The Balaban J connectivity index is 2.07. The Bertz CT molecular complexity index is 519. The molecule has 1 aromatic carbocycles. The van der Waals surface area contributed by atoms with E-state index in [1.54, 1.807) is 12.1 Å². The average molecular weight is 299 g/mol. The first-order chi connectivity index (χ1) is 10.0. The number of methoxy groups -OCH3 is 1. The third-order valence-corrected chi connectivity index (χ3v) is 3.32. The Hall–Kier alpha value is -2.05. The van der Waals surface area contributed by atoms with Crippen LogP contribution in [0.15, 0.2) is 23.2 Å². The summed E-state index contributed by atoms with van der Waals surface area (Å²) in [6.45, 7) is -2.60. The van der Waals surface area contributed by atoms with Crippen LogP contribution >= 0.6 is 0 Å². The lowest BCUT2D eigenvalue weighted by atomic mass is 10.2. The summed E-state index contributed by atoms with van der Waals surface area (Å²) in [5, 5.41) is 0. The van der Waals surface area contributed by atoms with E-state index >= 15 is 0 Å². The van der Waals surface area contributed by atoms with Crippen LogP contribution in [0.3, 0.4) is 0 Å². The van der Waals surface area contributed by atoms with Crippen LogP contribution in [0, 0.1) is 0 Å². The van der Waals surface area contributed by atoms with Crippen molar-refractivity contribution < 1.29 is 18.3 Å². The van der Waals surface area contributed by atoms with Gasteiger partial charge >= 0.3 is 6.61 Å². The average Bonchev–Trinajstić information content (AvgIpc) is 3.28. The first kappa shape index (κ1) is 15.3. The van der Waals surface area contributed by atoms with Gasteiger partial charge in [-0.3, -0.25) is 0 Å². The molecule has 0 atom stereocenters. The zero-order chi connectivity index (χ0) is 15.4. The lowest BCUT2D eigenvalue weighted by Gasteiger charge is -2.17. The highest BCUT2D eigenvalue weighted by atomic mass is 19.3. The fraction of sp³-hybridized carbons (Fsp3) is 0.500. The molecule has 0 aliphatic heterocycles. The van der Waals surface area contributed by atoms with E-state index in [9.17, 15) is 8.78 Å². The number of halogens is 2. The predicted octanol–water partition coefficient (Wildman–Crippen LogP) is 2.21. The Labute approximate surface area is 122 Å². The van der Waals surface area contributed by atoms with Gasteiger partial charge in [-0.15, -0.1) is 0 Å². The number of nitrogens with two attached hydrogens (primary N) is 1. The van der Waals surface area contributed by atoms with Gasteiger partial charge in [0.25, 0.3) is 0 Å². The summed E-state index contributed by atoms with van der Waals surface area (Å²) >= 11 is 0. The number of guanidine groups is 1. The van der Waals surface area contributed by atoms with E-state index in [2.05, 4.69) is 9.73 Å². The monoisotopic (exact) mass is 299 g/mol. The molecule has 116 valence electrons. The van der Waals surface area contributed by atoms with E-state index < -0.39 is 6.61 Å². The minimum Gasteiger partial charge on any atom is -0.493 e. The Morgan fingerprint density at radius 3 is 2.71 bits per heavy atom. The molecule has 1 aliphatic carbocycles. The Morgan fingerprint density at radius 2 is 2.14 bits per heavy atom. The molecule has 21 heavy (non-hydrogen) atoms. The van der Waals surface area contributed by atoms with Gasteiger partial charge in [-0.2, -0.15) is 8.78 Å². The van der Waals surface area contributed by atoms with E-state index in [1.807, 2.05) is 11.9 Å². The van der Waals surface area contributed by atoms with Crippen molar-refractivity contribution in [3.63, 3.8) is 0 Å². The van der Waals surface area contributed by atoms with E-state index in [0.717, 1.165) is 18.4 Å². The lowest BCUT2D eigenvalue weighted by molar-refractivity contribution is -0.0512. The minimum absolute atomic E-state index is 0.00526. The van der Waals surface area contributed by atoms with Crippen molar-refractivity contribution in [3.8, 4) is 11.5 Å². The van der Waals surface area contributed by atoms with Crippen molar-refractivity contribution >= 4 is 5.96 Å². The minimum atomic E-state index is -2.90. The molecule has 1 aromatic rings. The van der Waals surface area contributed by atoms with Crippen LogP contribution in [0.1, 0.15) is 18.4 Å². The van der Waals surface area contributed by atoms with Gasteiger partial charge in [0, 0.05) is 13.1 Å². The van der Waals surface area contributed by atoms with Crippen molar-refractivity contribution in [2.24, 2.45) is 10.7 Å². The van der Waals surface area contributed by atoms with Crippen LogP contribution in [-0.2, 0) is 6.54 Å². The molecule has 5 nitrogen and oxygen atoms in total. The topological polar surface area (TPSA) is 60.1 Å². The molecule has 1 saturated carbocycles. The molecule has 0 unspecified atom stereocenters. The van der Waals surface area contributed by atoms with Crippen LogP contribution in [-0.4, -0.2) is 37.7 Å². The highest BCUT2D eigenvalue weighted by molar-refractivity contribution is 5.78. The highest BCUT2D eigenvalue weighted by Gasteiger charge is 2.27. The van der Waals surface area contributed by atoms with Crippen LogP contribution in [0.5, 0.6) is 11.5 Å². The zero-order valence-electron chi connectivity index (χ0n) is 12.1. The number of rotatable bonds is 6. The van der Waals surface area contributed by atoms with Gasteiger partial charge in [-0.25, -0.2) is 4.99 Å². The summed E-state index contributed by atoms with van der Waals surface area (Å²) in [5.41, 5.74) is 6.60. The molecule has 0 bridgehead atoms. The Morgan fingerprint density at radius 1 is 1.43 bits per heavy atom. The first-order valence-electron chi connectivity index (χ1n) is 6.65. The van der Waals surface area contributed by atoms with Crippen molar-refractivity contribution in [1.29, 1.82) is 0 Å². The predicted molar refractivity (Wildman–Crippen MR) is 75.7 cm³/mol. The van der Waals surface area contributed by atoms with Gasteiger partial charge in [0.1, 0.15) is 0 Å². The molecule has 7 heteroatoms. The SMILES string of the molecule is COc1ccc(CN=C(N)N(C)C2CC2)cc1OC(F)F. The molecule has 2 N–H and O–H groups in total. The normalized spacial score (nSPS) is 15.2. The molecule has 1 aliphatic rings. The van der Waals surface area contributed by atoms with Gasteiger partial charge < -0.3 is 20.1 Å². The third kappa shape index (κ3) is 4.21. The van der Waals surface area contributed by atoms with Crippen molar-refractivity contribution in [3.05, 3.63) is 23.8 Å². The van der Waals surface area contributed by atoms with Crippen LogP contribution in [0.25, 0.3) is 0 Å². The summed E-state index contributed by atoms with van der Waals surface area (Å²) in [6.07, 6.45) is 2.25. The second-order valence-electron chi connectivity index (χ2n) is 4.88. The molecule has 1 fully saturated rings. The maximum Gasteiger partial charge on any atom is 0.387 e. The number of aliphatic imine (C=N–C) groups is 1. The summed E-state index contributed by atoms with van der Waals surface area (Å²) in [4.78, 5) is 6.20. The summed E-state index contributed by atoms with van der Waals surface area (Å²) in [5.74, 6) is 0.699. The third-order valence-electron chi connectivity index (χ3n) is 3.32. The maximum atomic E-state index is 12.4. The number of benzene rings is 1. The smallest absolute Gasteiger partial charge is 0.387 e. The van der Waals surface area contributed by atoms with Gasteiger partial charge in [0.2, 0.25) is 0 Å². The molecular formula is C14H19F2N3O2. The van der Waals surface area contributed by atoms with Crippen LogP contribution in [0.4, 0.5) is 8.78 Å². The number of nitrogens with zero attached hydrogens (tertiary/aromatic N) is 2. The highest BCUT2D eigenvalue weighted by Crippen LogP contribution is 2.30. The molecule has 2 rings (SSSR count). The van der Waals surface area contributed by atoms with Crippen LogP contribution in [0.2, 0.25) is 0 Å². The molecule has 0 saturated heterocycles. The summed E-state index contributed by atoms with van der Waals surface area (Å²) < 4.78 is 34.1. The van der Waals surface area contributed by atoms with Crippen molar-refractivity contribution in [2.75, 3.05) is 14.2 Å². The van der Waals surface area contributed by atoms with Gasteiger partial charge in [0.15, 0.2) is 17.5 Å². The van der Waals surface area contributed by atoms with Gasteiger partial charge in [-0.1, -0.05) is 6.07 Å². The standard InChI is InChI=1S/C14H19F2N3O2/c1-19(10-4-5-10)14(17)18-8-9-3-6-11(20-2)12(7-9)21-13(15)16/h3,6-7,10,13H,4-5,8H2,1-2H3,(H2,17,18). The first-order valence-corrected chi connectivity index (χ1v) is 6.65. The summed E-state index contributed by atoms with van der Waals surface area (Å²) in [6, 6.07) is 5.27. The molecule has 0 radical (unpaired) electrons. The van der Waals surface area contributed by atoms with Crippen molar-refractivity contribution in [2.45, 2.75) is 32.0 Å². The van der Waals surface area contributed by atoms with E-state index in [0.29, 0.717) is 18.5 Å². The van der Waals surface area contributed by atoms with E-state index in [-0.39, 0.29) is 11.5 Å². The summed E-state index contributed by atoms with van der Waals surface area (Å²) in [7, 11) is 3.30. The van der Waals surface area contributed by atoms with Gasteiger partial charge in [0.05, 0.1) is 13.7 Å². The molecule has 0 amide bonds. The lowest BCUT2D eigenvalue weighted by Crippen LogP contribution is -2.35. The van der Waals surface area contributed by atoms with Crippen LogP contribution < -0.4 is 15.2 Å². The Kier molecular flexibility index (Phi) is 4.82. The zero-order valence-corrected chi connectivity index (χ0v) is 12.1. The van der Waals surface area contributed by atoms with Crippen molar-refractivity contribution in [1.82, 2.24) is 4.90 Å². The van der Waals surface area contributed by atoms with Gasteiger partial charge in [-0.05, 0) is 30.5 Å².